The third kappa shape index (κ3) is 3.03. The molecule has 16 heavy (non-hydrogen) atoms. The molecule has 0 bridgehead atoms. The van der Waals surface area contributed by atoms with Crippen LogP contribution in [-0.4, -0.2) is 34.1 Å². The maximum atomic E-state index is 11.5. The van der Waals surface area contributed by atoms with Crippen LogP contribution < -0.4 is 10.4 Å². The van der Waals surface area contributed by atoms with Crippen LogP contribution in [0.4, 0.5) is 0 Å². The van der Waals surface area contributed by atoms with Crippen molar-refractivity contribution < 1.29 is 19.8 Å². The summed E-state index contributed by atoms with van der Waals surface area (Å²) in [6.45, 7) is 1.25. The van der Waals surface area contributed by atoms with Crippen LogP contribution in [0.1, 0.15) is 17.3 Å². The molecule has 0 saturated heterocycles. The lowest BCUT2D eigenvalue weighted by molar-refractivity contribution is -0.310. The van der Waals surface area contributed by atoms with E-state index in [-0.39, 0.29) is 5.56 Å². The number of carboxylic acids is 1. The van der Waals surface area contributed by atoms with Gasteiger partial charge in [-0.05, 0) is 19.1 Å². The largest absolute Gasteiger partial charge is 0.548 e. The third-order valence-corrected chi connectivity index (χ3v) is 1.95. The van der Waals surface area contributed by atoms with Gasteiger partial charge >= 0.3 is 0 Å². The fourth-order valence-corrected chi connectivity index (χ4v) is 1.10. The van der Waals surface area contributed by atoms with Gasteiger partial charge in [0.1, 0.15) is 0 Å². The second-order valence-corrected chi connectivity index (χ2v) is 3.25. The zero-order valence-corrected chi connectivity index (χ0v) is 8.58. The van der Waals surface area contributed by atoms with Gasteiger partial charge in [-0.3, -0.25) is 9.78 Å². The Balaban J connectivity index is 2.74. The molecule has 1 amide bonds. The fraction of sp³-hybridized carbons (Fsp3) is 0.300. The Hall–Kier alpha value is -1.95. The lowest BCUT2D eigenvalue weighted by Gasteiger charge is -2.22. The Morgan fingerprint density at radius 1 is 1.56 bits per heavy atom. The predicted octanol–water partition coefficient (Wildman–Crippen LogP) is -1.69. The highest BCUT2D eigenvalue weighted by molar-refractivity contribution is 5.96. The number of hydrogen-bond donors (Lipinski definition) is 2. The molecule has 6 nitrogen and oxygen atoms in total. The van der Waals surface area contributed by atoms with Crippen molar-refractivity contribution in [2.75, 3.05) is 0 Å². The molecule has 6 heteroatoms. The summed E-state index contributed by atoms with van der Waals surface area (Å²) in [6.07, 6.45) is 1.55. The first-order chi connectivity index (χ1) is 7.52. The van der Waals surface area contributed by atoms with Gasteiger partial charge in [0.15, 0.2) is 0 Å². The highest BCUT2D eigenvalue weighted by Gasteiger charge is 2.19. The number of carbonyl (C=O) groups is 2. The molecule has 2 atom stereocenters. The molecule has 0 spiro atoms. The van der Waals surface area contributed by atoms with Gasteiger partial charge in [0.2, 0.25) is 0 Å². The van der Waals surface area contributed by atoms with Gasteiger partial charge in [-0.1, -0.05) is 0 Å². The number of hydrogen-bond acceptors (Lipinski definition) is 5. The summed E-state index contributed by atoms with van der Waals surface area (Å²) in [6, 6.07) is 1.59. The van der Waals surface area contributed by atoms with E-state index in [4.69, 9.17) is 5.11 Å². The van der Waals surface area contributed by atoms with Crippen molar-refractivity contribution in [3.05, 3.63) is 30.1 Å². The first-order valence-corrected chi connectivity index (χ1v) is 4.62. The van der Waals surface area contributed by atoms with Crippen LogP contribution in [0.3, 0.4) is 0 Å². The zero-order chi connectivity index (χ0) is 12.1. The maximum Gasteiger partial charge on any atom is 0.253 e. The van der Waals surface area contributed by atoms with Gasteiger partial charge in [-0.15, -0.1) is 0 Å². The van der Waals surface area contributed by atoms with Crippen LogP contribution in [0.15, 0.2) is 24.5 Å². The van der Waals surface area contributed by atoms with Crippen molar-refractivity contribution in [2.45, 2.75) is 19.1 Å². The Labute approximate surface area is 91.9 Å². The summed E-state index contributed by atoms with van der Waals surface area (Å²) in [4.78, 5) is 25.8. The minimum atomic E-state index is -1.53. The lowest BCUT2D eigenvalue weighted by Crippen LogP contribution is -2.53. The monoisotopic (exact) mass is 223 g/mol. The Kier molecular flexibility index (Phi) is 3.96. The molecule has 1 rings (SSSR count). The minimum absolute atomic E-state index is 0.217. The fourth-order valence-electron chi connectivity index (χ4n) is 1.10. The normalized spacial score (nSPS) is 13.9. The highest BCUT2D eigenvalue weighted by atomic mass is 16.4. The molecule has 0 unspecified atom stereocenters. The number of nitrogens with one attached hydrogen (secondary N) is 1. The third-order valence-electron chi connectivity index (χ3n) is 1.95. The highest BCUT2D eigenvalue weighted by Crippen LogP contribution is 1.98. The van der Waals surface area contributed by atoms with E-state index in [0.717, 1.165) is 0 Å². The van der Waals surface area contributed by atoms with Crippen LogP contribution in [0.5, 0.6) is 0 Å². The van der Waals surface area contributed by atoms with Crippen molar-refractivity contribution in [3.63, 3.8) is 0 Å². The number of nitrogens with zero attached hydrogens (tertiary/aromatic N) is 1. The zero-order valence-electron chi connectivity index (χ0n) is 8.58. The van der Waals surface area contributed by atoms with Crippen LogP contribution in [0.25, 0.3) is 0 Å². The van der Waals surface area contributed by atoms with Gasteiger partial charge in [0, 0.05) is 12.4 Å². The molecule has 0 saturated carbocycles. The number of amides is 1. The summed E-state index contributed by atoms with van der Waals surface area (Å²) in [5.41, 5.74) is 0.217. The number of pyridine rings is 1. The van der Waals surface area contributed by atoms with E-state index in [2.05, 4.69) is 10.3 Å². The molecular weight excluding hydrogens is 212 g/mol. The van der Waals surface area contributed by atoms with E-state index in [0.29, 0.717) is 0 Å². The molecule has 0 fully saturated rings. The number of aromatic nitrogens is 1. The average molecular weight is 223 g/mol. The number of aliphatic carboxylic acids is 1. The van der Waals surface area contributed by atoms with Gasteiger partial charge in [-0.2, -0.15) is 0 Å². The van der Waals surface area contributed by atoms with Gasteiger partial charge < -0.3 is 20.3 Å². The molecule has 0 radical (unpaired) electrons. The quantitative estimate of drug-likeness (QED) is 0.634. The smallest absolute Gasteiger partial charge is 0.253 e. The summed E-state index contributed by atoms with van der Waals surface area (Å²) in [7, 11) is 0. The van der Waals surface area contributed by atoms with Crippen molar-refractivity contribution in [3.8, 4) is 0 Å². The van der Waals surface area contributed by atoms with Crippen LogP contribution in [-0.2, 0) is 4.79 Å². The second-order valence-electron chi connectivity index (χ2n) is 3.25. The van der Waals surface area contributed by atoms with Crippen LogP contribution >= 0.6 is 0 Å². The Morgan fingerprint density at radius 3 is 2.69 bits per heavy atom. The number of aliphatic hydroxyl groups excluding tert-OH is 1. The van der Waals surface area contributed by atoms with Crippen LogP contribution in [0, 0.1) is 0 Å². The maximum absolute atomic E-state index is 11.5. The van der Waals surface area contributed by atoms with Crippen molar-refractivity contribution in [2.24, 2.45) is 0 Å². The van der Waals surface area contributed by atoms with Crippen molar-refractivity contribution in [1.29, 1.82) is 0 Å². The average Bonchev–Trinajstić information content (AvgIpc) is 2.25. The van der Waals surface area contributed by atoms with Gasteiger partial charge in [0.25, 0.3) is 5.91 Å². The Bertz CT molecular complexity index is 378. The molecule has 0 aliphatic rings. The van der Waals surface area contributed by atoms with E-state index in [1.807, 2.05) is 0 Å². The number of carbonyl (C=O) groups excluding carboxylic acids is 2. The van der Waals surface area contributed by atoms with E-state index in [1.54, 1.807) is 6.07 Å². The van der Waals surface area contributed by atoms with Crippen molar-refractivity contribution >= 4 is 11.9 Å². The summed E-state index contributed by atoms with van der Waals surface area (Å²) >= 11 is 0. The molecule has 2 N–H and O–H groups in total. The van der Waals surface area contributed by atoms with Crippen LogP contribution in [0.2, 0.25) is 0 Å². The first kappa shape index (κ1) is 12.1. The van der Waals surface area contributed by atoms with E-state index in [1.165, 1.54) is 25.4 Å². The molecule has 1 aromatic heterocycles. The SMILES string of the molecule is C[C@@H](O)[C@H](NC(=O)c1cccnc1)C(=O)[O-]. The van der Waals surface area contributed by atoms with Gasteiger partial charge in [-0.25, -0.2) is 0 Å². The minimum Gasteiger partial charge on any atom is -0.548 e. The molecule has 1 heterocycles. The lowest BCUT2D eigenvalue weighted by atomic mass is 10.1. The number of carboxylic acid groups (broad SMARTS) is 1. The Morgan fingerprint density at radius 2 is 2.25 bits per heavy atom. The first-order valence-electron chi connectivity index (χ1n) is 4.62. The summed E-state index contributed by atoms with van der Waals surface area (Å²) in [5.74, 6) is -2.16. The topological polar surface area (TPSA) is 102 Å². The van der Waals surface area contributed by atoms with E-state index >= 15 is 0 Å². The standard InChI is InChI=1S/C10H12N2O4/c1-6(13)8(10(15)16)12-9(14)7-3-2-4-11-5-7/h2-6,8,13H,1H3,(H,12,14)(H,15,16)/p-1/t6-,8+/m1/s1. The molecular formula is C10H11N2O4-. The van der Waals surface area contributed by atoms with E-state index in [9.17, 15) is 14.7 Å². The second kappa shape index (κ2) is 5.22. The summed E-state index contributed by atoms with van der Waals surface area (Å²) < 4.78 is 0. The van der Waals surface area contributed by atoms with Gasteiger partial charge in [0.05, 0.1) is 23.7 Å². The number of aliphatic hydroxyl groups is 1. The predicted molar refractivity (Wildman–Crippen MR) is 52.2 cm³/mol. The molecule has 0 aromatic carbocycles. The molecule has 0 aliphatic carbocycles. The molecule has 1 aromatic rings. The molecule has 0 aliphatic heterocycles. The van der Waals surface area contributed by atoms with Crippen molar-refractivity contribution in [1.82, 2.24) is 10.3 Å². The number of rotatable bonds is 4. The van der Waals surface area contributed by atoms with E-state index < -0.39 is 24.0 Å². The summed E-state index contributed by atoms with van der Waals surface area (Å²) in [5, 5.41) is 21.9. The molecule has 86 valence electrons.